The number of hydrogen-bond donors (Lipinski definition) is 1. The summed E-state index contributed by atoms with van der Waals surface area (Å²) in [6.07, 6.45) is 2.61. The van der Waals surface area contributed by atoms with Gasteiger partial charge in [0, 0.05) is 37.2 Å². The van der Waals surface area contributed by atoms with E-state index in [0.717, 1.165) is 43.8 Å². The topological polar surface area (TPSA) is 41.6 Å². The Hall–Kier alpha value is -2.40. The van der Waals surface area contributed by atoms with Crippen molar-refractivity contribution in [3.63, 3.8) is 0 Å². The van der Waals surface area contributed by atoms with Crippen molar-refractivity contribution in [2.24, 2.45) is 0 Å². The predicted molar refractivity (Wildman–Crippen MR) is 99.3 cm³/mol. The van der Waals surface area contributed by atoms with E-state index in [1.54, 1.807) is 18.2 Å². The molecule has 26 heavy (non-hydrogen) atoms. The third kappa shape index (κ3) is 5.05. The van der Waals surface area contributed by atoms with Crippen molar-refractivity contribution in [2.75, 3.05) is 19.6 Å². The number of ether oxygens (including phenoxy) is 1. The minimum Gasteiger partial charge on any atom is -0.488 e. The molecule has 0 unspecified atom stereocenters. The Morgan fingerprint density at radius 3 is 2.62 bits per heavy atom. The normalized spacial score (nSPS) is 14.0. The number of carbonyl (C=O) groups is 1. The van der Waals surface area contributed by atoms with Crippen molar-refractivity contribution in [1.82, 2.24) is 10.2 Å². The van der Waals surface area contributed by atoms with Crippen molar-refractivity contribution >= 4 is 5.91 Å². The van der Waals surface area contributed by atoms with Crippen LogP contribution in [-0.4, -0.2) is 30.4 Å². The average molecular weight is 356 g/mol. The van der Waals surface area contributed by atoms with Crippen molar-refractivity contribution in [3.05, 3.63) is 65.5 Å². The van der Waals surface area contributed by atoms with Gasteiger partial charge in [0.25, 0.3) is 0 Å². The molecule has 0 atom stereocenters. The van der Waals surface area contributed by atoms with Crippen LogP contribution in [0.4, 0.5) is 4.39 Å². The number of hydrogen-bond acceptors (Lipinski definition) is 3. The predicted octanol–water partition coefficient (Wildman–Crippen LogP) is 3.51. The second kappa shape index (κ2) is 9.34. The molecule has 0 aliphatic carbocycles. The van der Waals surface area contributed by atoms with Crippen molar-refractivity contribution in [2.45, 2.75) is 32.4 Å². The lowest BCUT2D eigenvalue weighted by Crippen LogP contribution is -2.28. The van der Waals surface area contributed by atoms with Gasteiger partial charge in [-0.1, -0.05) is 36.4 Å². The molecule has 1 amide bonds. The molecule has 1 saturated heterocycles. The standard InChI is InChI=1S/C21H25FN2O2/c22-19-9-3-1-8-18(19)16-26-20-10-4-2-7-17(20)15-23-12-6-14-24-13-5-11-21(24)25/h1-4,7-10,23H,5-6,11-16H2. The highest BCUT2D eigenvalue weighted by Crippen LogP contribution is 2.20. The van der Waals surface area contributed by atoms with Gasteiger partial charge in [0.2, 0.25) is 5.91 Å². The van der Waals surface area contributed by atoms with Gasteiger partial charge in [0.1, 0.15) is 18.2 Å². The van der Waals surface area contributed by atoms with Crippen LogP contribution in [0.25, 0.3) is 0 Å². The fourth-order valence-corrected chi connectivity index (χ4v) is 3.12. The third-order valence-electron chi connectivity index (χ3n) is 4.58. The van der Waals surface area contributed by atoms with Crippen molar-refractivity contribution in [3.8, 4) is 5.75 Å². The van der Waals surface area contributed by atoms with E-state index in [4.69, 9.17) is 4.74 Å². The van der Waals surface area contributed by atoms with Gasteiger partial charge in [0.05, 0.1) is 0 Å². The number of nitrogens with zero attached hydrogens (tertiary/aromatic N) is 1. The number of amides is 1. The molecule has 0 saturated carbocycles. The van der Waals surface area contributed by atoms with Crippen LogP contribution in [-0.2, 0) is 17.9 Å². The molecule has 0 radical (unpaired) electrons. The van der Waals surface area contributed by atoms with Crippen LogP contribution in [0.3, 0.4) is 0 Å². The molecule has 1 aliphatic heterocycles. The molecule has 5 heteroatoms. The lowest BCUT2D eigenvalue weighted by Gasteiger charge is -2.16. The monoisotopic (exact) mass is 356 g/mol. The maximum Gasteiger partial charge on any atom is 0.222 e. The molecule has 0 bridgehead atoms. The van der Waals surface area contributed by atoms with Crippen LogP contribution in [0, 0.1) is 5.82 Å². The van der Waals surface area contributed by atoms with Gasteiger partial charge >= 0.3 is 0 Å². The zero-order valence-corrected chi connectivity index (χ0v) is 14.9. The van der Waals surface area contributed by atoms with E-state index in [1.165, 1.54) is 6.07 Å². The zero-order valence-electron chi connectivity index (χ0n) is 14.9. The second-order valence-corrected chi connectivity index (χ2v) is 6.50. The summed E-state index contributed by atoms with van der Waals surface area (Å²) in [5.41, 5.74) is 1.59. The highest BCUT2D eigenvalue weighted by molar-refractivity contribution is 5.77. The Bertz CT molecular complexity index is 735. The Balaban J connectivity index is 1.45. The number of rotatable bonds is 9. The Morgan fingerprint density at radius 1 is 1.08 bits per heavy atom. The number of likely N-dealkylation sites (tertiary alicyclic amines) is 1. The van der Waals surface area contributed by atoms with Gasteiger partial charge in [-0.2, -0.15) is 0 Å². The highest BCUT2D eigenvalue weighted by Gasteiger charge is 2.18. The molecule has 138 valence electrons. The van der Waals surface area contributed by atoms with Gasteiger partial charge in [-0.15, -0.1) is 0 Å². The quantitative estimate of drug-likeness (QED) is 0.699. The summed E-state index contributed by atoms with van der Waals surface area (Å²) in [4.78, 5) is 13.5. The van der Waals surface area contributed by atoms with E-state index in [9.17, 15) is 9.18 Å². The molecular weight excluding hydrogens is 331 g/mol. The lowest BCUT2D eigenvalue weighted by molar-refractivity contribution is -0.127. The maximum atomic E-state index is 13.7. The van der Waals surface area contributed by atoms with Crippen molar-refractivity contribution < 1.29 is 13.9 Å². The van der Waals surface area contributed by atoms with Gasteiger partial charge in [0.15, 0.2) is 0 Å². The molecule has 2 aromatic rings. The van der Waals surface area contributed by atoms with Gasteiger partial charge < -0.3 is 15.0 Å². The molecule has 2 aromatic carbocycles. The Kier molecular flexibility index (Phi) is 6.61. The van der Waals surface area contributed by atoms with Crippen LogP contribution in [0.1, 0.15) is 30.4 Å². The molecule has 4 nitrogen and oxygen atoms in total. The summed E-state index contributed by atoms with van der Waals surface area (Å²) in [5, 5.41) is 3.40. The summed E-state index contributed by atoms with van der Waals surface area (Å²) in [6, 6.07) is 14.4. The summed E-state index contributed by atoms with van der Waals surface area (Å²) >= 11 is 0. The average Bonchev–Trinajstić information content (AvgIpc) is 3.06. The summed E-state index contributed by atoms with van der Waals surface area (Å²) in [6.45, 7) is 3.44. The van der Waals surface area contributed by atoms with Gasteiger partial charge in [-0.25, -0.2) is 4.39 Å². The van der Waals surface area contributed by atoms with Gasteiger partial charge in [-0.05, 0) is 31.5 Å². The first-order chi connectivity index (χ1) is 12.7. The van der Waals surface area contributed by atoms with Crippen LogP contribution in [0.2, 0.25) is 0 Å². The molecular formula is C21H25FN2O2. The first-order valence-corrected chi connectivity index (χ1v) is 9.16. The number of benzene rings is 2. The molecule has 1 fully saturated rings. The van der Waals surface area contributed by atoms with Crippen LogP contribution < -0.4 is 10.1 Å². The third-order valence-corrected chi connectivity index (χ3v) is 4.58. The van der Waals surface area contributed by atoms with Crippen molar-refractivity contribution in [1.29, 1.82) is 0 Å². The molecule has 1 aliphatic rings. The van der Waals surface area contributed by atoms with Gasteiger partial charge in [-0.3, -0.25) is 4.79 Å². The number of halogens is 1. The minimum absolute atomic E-state index is 0.209. The highest BCUT2D eigenvalue weighted by atomic mass is 19.1. The minimum atomic E-state index is -0.250. The first-order valence-electron chi connectivity index (χ1n) is 9.16. The molecule has 1 heterocycles. The Morgan fingerprint density at radius 2 is 1.85 bits per heavy atom. The smallest absolute Gasteiger partial charge is 0.222 e. The number of para-hydroxylation sites is 1. The molecule has 0 spiro atoms. The largest absolute Gasteiger partial charge is 0.488 e. The fourth-order valence-electron chi connectivity index (χ4n) is 3.12. The number of nitrogens with one attached hydrogen (secondary N) is 1. The summed E-state index contributed by atoms with van der Waals surface area (Å²) in [5.74, 6) is 0.787. The molecule has 1 N–H and O–H groups in total. The number of carbonyl (C=O) groups excluding carboxylic acids is 1. The van der Waals surface area contributed by atoms with E-state index in [-0.39, 0.29) is 18.3 Å². The second-order valence-electron chi connectivity index (χ2n) is 6.50. The summed E-state index contributed by atoms with van der Waals surface area (Å²) in [7, 11) is 0. The fraction of sp³-hybridized carbons (Fsp3) is 0.381. The van der Waals surface area contributed by atoms with E-state index in [2.05, 4.69) is 5.32 Å². The first kappa shape index (κ1) is 18.4. The molecule has 0 aromatic heterocycles. The molecule has 3 rings (SSSR count). The van der Waals surface area contributed by atoms with E-state index >= 15 is 0 Å². The SMILES string of the molecule is O=C1CCCN1CCCNCc1ccccc1OCc1ccccc1F. The maximum absolute atomic E-state index is 13.7. The van der Waals surface area contributed by atoms with Crippen LogP contribution in [0.5, 0.6) is 5.75 Å². The van der Waals surface area contributed by atoms with Crippen LogP contribution in [0.15, 0.2) is 48.5 Å². The zero-order chi connectivity index (χ0) is 18.2. The van der Waals surface area contributed by atoms with Crippen LogP contribution >= 0.6 is 0 Å². The Labute approximate surface area is 154 Å². The lowest BCUT2D eigenvalue weighted by atomic mass is 10.2. The van der Waals surface area contributed by atoms with E-state index < -0.39 is 0 Å². The van der Waals surface area contributed by atoms with E-state index in [0.29, 0.717) is 18.5 Å². The summed E-state index contributed by atoms with van der Waals surface area (Å²) < 4.78 is 19.5. The van der Waals surface area contributed by atoms with E-state index in [1.807, 2.05) is 29.2 Å².